The van der Waals surface area contributed by atoms with Gasteiger partial charge < -0.3 is 18.6 Å². The first-order chi connectivity index (χ1) is 14.6. The number of carbonyl (C=O) groups excluding carboxylic acids is 2. The molecule has 2 aromatic rings. The minimum Gasteiger partial charge on any atom is -0.481 e. The summed E-state index contributed by atoms with van der Waals surface area (Å²) < 4.78 is 23.1. The van der Waals surface area contributed by atoms with Gasteiger partial charge in [-0.1, -0.05) is 12.2 Å². The SMILES string of the molecule is C/C=C(/C)C(=O)O[C@@H]1c2c(ccc3ccc(=O)oc23)O[C@@H]1C(C)(C)OC(=O)/C(C)=C\C. The summed E-state index contributed by atoms with van der Waals surface area (Å²) in [6, 6.07) is 6.42. The maximum atomic E-state index is 12.6. The van der Waals surface area contributed by atoms with Crippen LogP contribution in [0.3, 0.4) is 0 Å². The van der Waals surface area contributed by atoms with Crippen molar-refractivity contribution in [2.24, 2.45) is 0 Å². The van der Waals surface area contributed by atoms with Crippen molar-refractivity contribution in [1.82, 2.24) is 0 Å². The summed E-state index contributed by atoms with van der Waals surface area (Å²) in [7, 11) is 0. The molecule has 0 amide bonds. The molecule has 0 saturated carbocycles. The zero-order chi connectivity index (χ0) is 22.9. The molecule has 1 aliphatic rings. The first-order valence-corrected chi connectivity index (χ1v) is 10.0. The van der Waals surface area contributed by atoms with Crippen molar-refractivity contribution in [3.8, 4) is 5.75 Å². The Kier molecular flexibility index (Phi) is 6.06. The Morgan fingerprint density at radius 2 is 1.61 bits per heavy atom. The summed E-state index contributed by atoms with van der Waals surface area (Å²) in [6.45, 7) is 10.1. The number of esters is 2. The predicted molar refractivity (Wildman–Crippen MR) is 115 cm³/mol. The molecule has 0 bridgehead atoms. The topological polar surface area (TPSA) is 92.0 Å². The molecule has 7 nitrogen and oxygen atoms in total. The summed E-state index contributed by atoms with van der Waals surface area (Å²) in [5, 5.41) is 0.658. The van der Waals surface area contributed by atoms with Crippen molar-refractivity contribution in [2.45, 2.75) is 59.4 Å². The van der Waals surface area contributed by atoms with Crippen molar-refractivity contribution >= 4 is 22.9 Å². The van der Waals surface area contributed by atoms with Crippen LogP contribution >= 0.6 is 0 Å². The molecule has 0 fully saturated rings. The average Bonchev–Trinajstić information content (AvgIpc) is 3.11. The molecule has 0 saturated heterocycles. The number of hydrogen-bond donors (Lipinski definition) is 0. The number of ether oxygens (including phenoxy) is 3. The van der Waals surface area contributed by atoms with Crippen LogP contribution in [0.15, 0.2) is 56.8 Å². The second kappa shape index (κ2) is 8.41. The van der Waals surface area contributed by atoms with Gasteiger partial charge in [-0.3, -0.25) is 0 Å². The molecule has 3 rings (SSSR count). The third kappa shape index (κ3) is 4.26. The van der Waals surface area contributed by atoms with Gasteiger partial charge in [-0.05, 0) is 59.7 Å². The molecule has 1 aromatic carbocycles. The van der Waals surface area contributed by atoms with Gasteiger partial charge in [0.2, 0.25) is 0 Å². The molecule has 0 aliphatic carbocycles. The number of rotatable bonds is 5. The summed E-state index contributed by atoms with van der Waals surface area (Å²) >= 11 is 0. The lowest BCUT2D eigenvalue weighted by Gasteiger charge is -2.33. The normalized spacial score (nSPS) is 19.0. The van der Waals surface area contributed by atoms with Gasteiger partial charge in [0.05, 0.1) is 5.56 Å². The Bertz CT molecular complexity index is 1150. The van der Waals surface area contributed by atoms with Gasteiger partial charge >= 0.3 is 17.6 Å². The Morgan fingerprint density at radius 1 is 1.00 bits per heavy atom. The summed E-state index contributed by atoms with van der Waals surface area (Å²) in [5.41, 5.74) is -0.143. The number of carbonyl (C=O) groups is 2. The minimum absolute atomic E-state index is 0.273. The lowest BCUT2D eigenvalue weighted by molar-refractivity contribution is -0.172. The fraction of sp³-hybridized carbons (Fsp3) is 0.375. The van der Waals surface area contributed by atoms with Crippen LogP contribution in [0.1, 0.15) is 53.2 Å². The molecule has 2 atom stereocenters. The van der Waals surface area contributed by atoms with Gasteiger partial charge in [0.1, 0.15) is 16.9 Å². The van der Waals surface area contributed by atoms with Crippen LogP contribution in [0, 0.1) is 0 Å². The van der Waals surface area contributed by atoms with Gasteiger partial charge in [0.15, 0.2) is 12.2 Å². The van der Waals surface area contributed by atoms with Crippen molar-refractivity contribution in [3.63, 3.8) is 0 Å². The van der Waals surface area contributed by atoms with Crippen molar-refractivity contribution < 1.29 is 28.2 Å². The molecular formula is C24H26O7. The van der Waals surface area contributed by atoms with Crippen molar-refractivity contribution in [2.75, 3.05) is 0 Å². The van der Waals surface area contributed by atoms with E-state index in [0.717, 1.165) is 0 Å². The van der Waals surface area contributed by atoms with Gasteiger partial charge in [-0.25, -0.2) is 14.4 Å². The number of fused-ring (bicyclic) bond motifs is 3. The van der Waals surface area contributed by atoms with Gasteiger partial charge in [0.25, 0.3) is 0 Å². The van der Waals surface area contributed by atoms with E-state index >= 15 is 0 Å². The van der Waals surface area contributed by atoms with E-state index in [1.165, 1.54) is 6.07 Å². The summed E-state index contributed by atoms with van der Waals surface area (Å²) in [5.74, 6) is -0.649. The zero-order valence-corrected chi connectivity index (χ0v) is 18.5. The van der Waals surface area contributed by atoms with E-state index in [0.29, 0.717) is 27.8 Å². The van der Waals surface area contributed by atoms with Crippen molar-refractivity contribution in [1.29, 1.82) is 0 Å². The van der Waals surface area contributed by atoms with Crippen LogP contribution < -0.4 is 10.4 Å². The summed E-state index contributed by atoms with van der Waals surface area (Å²) in [6.07, 6.45) is 1.47. The molecule has 1 aliphatic heterocycles. The second-order valence-electron chi connectivity index (χ2n) is 7.95. The highest BCUT2D eigenvalue weighted by molar-refractivity contribution is 5.89. The van der Waals surface area contributed by atoms with Crippen molar-refractivity contribution in [3.05, 3.63) is 63.5 Å². The summed E-state index contributed by atoms with van der Waals surface area (Å²) in [4.78, 5) is 37.0. The van der Waals surface area contributed by atoms with Crippen LogP contribution in [0.5, 0.6) is 5.75 Å². The lowest BCUT2D eigenvalue weighted by Crippen LogP contribution is -2.46. The van der Waals surface area contributed by atoms with Crippen LogP contribution in [-0.2, 0) is 19.1 Å². The molecule has 31 heavy (non-hydrogen) atoms. The molecule has 164 valence electrons. The maximum Gasteiger partial charge on any atom is 0.336 e. The number of benzene rings is 1. The highest BCUT2D eigenvalue weighted by Crippen LogP contribution is 2.47. The van der Waals surface area contributed by atoms with E-state index in [-0.39, 0.29) is 5.58 Å². The number of allylic oxidation sites excluding steroid dienone is 2. The van der Waals surface area contributed by atoms with E-state index in [1.807, 2.05) is 0 Å². The molecule has 7 heteroatoms. The van der Waals surface area contributed by atoms with E-state index in [4.69, 9.17) is 18.6 Å². The largest absolute Gasteiger partial charge is 0.481 e. The highest BCUT2D eigenvalue weighted by atomic mass is 16.6. The lowest BCUT2D eigenvalue weighted by atomic mass is 9.93. The van der Waals surface area contributed by atoms with Crippen LogP contribution in [0.4, 0.5) is 0 Å². The Labute approximate surface area is 180 Å². The quantitative estimate of drug-likeness (QED) is 0.398. The highest BCUT2D eigenvalue weighted by Gasteiger charge is 2.50. The standard InChI is InChI=1S/C24H26O7/c1-7-13(3)22(26)30-20-18-16(11-9-15-10-12-17(25)29-19(15)18)28-21(20)24(5,6)31-23(27)14(4)8-2/h7-12,20-21H,1-6H3/b13-7-,14-8-/t20-,21+/m1/s1. The first-order valence-electron chi connectivity index (χ1n) is 10.0. The predicted octanol–water partition coefficient (Wildman–Crippen LogP) is 4.39. The molecule has 2 heterocycles. The fourth-order valence-corrected chi connectivity index (χ4v) is 3.31. The first kappa shape index (κ1) is 22.3. The van der Waals surface area contributed by atoms with Crippen LogP contribution in [0.25, 0.3) is 11.0 Å². The van der Waals surface area contributed by atoms with Gasteiger partial charge in [-0.15, -0.1) is 0 Å². The molecule has 0 N–H and O–H groups in total. The second-order valence-corrected chi connectivity index (χ2v) is 7.95. The monoisotopic (exact) mass is 426 g/mol. The zero-order valence-electron chi connectivity index (χ0n) is 18.5. The molecule has 1 aromatic heterocycles. The van der Waals surface area contributed by atoms with E-state index in [9.17, 15) is 14.4 Å². The number of hydrogen-bond acceptors (Lipinski definition) is 7. The van der Waals surface area contributed by atoms with Gasteiger partial charge in [0, 0.05) is 22.6 Å². The van der Waals surface area contributed by atoms with E-state index < -0.39 is 35.4 Å². The van der Waals surface area contributed by atoms with E-state index in [1.54, 1.807) is 71.9 Å². The van der Waals surface area contributed by atoms with Crippen LogP contribution in [0.2, 0.25) is 0 Å². The fourth-order valence-electron chi connectivity index (χ4n) is 3.31. The maximum absolute atomic E-state index is 12.6. The molecule has 0 spiro atoms. The van der Waals surface area contributed by atoms with E-state index in [2.05, 4.69) is 0 Å². The smallest absolute Gasteiger partial charge is 0.336 e. The Morgan fingerprint density at radius 3 is 2.26 bits per heavy atom. The minimum atomic E-state index is -1.17. The molecule has 0 unspecified atom stereocenters. The molecule has 0 radical (unpaired) electrons. The van der Waals surface area contributed by atoms with Gasteiger partial charge in [-0.2, -0.15) is 0 Å². The molecular weight excluding hydrogens is 400 g/mol. The Hall–Kier alpha value is -3.35. The third-order valence-corrected chi connectivity index (χ3v) is 5.39. The average molecular weight is 426 g/mol. The third-order valence-electron chi connectivity index (χ3n) is 5.39. The van der Waals surface area contributed by atoms with Crippen LogP contribution in [-0.4, -0.2) is 23.6 Å². The Balaban J connectivity index is 2.11.